The van der Waals surface area contributed by atoms with Gasteiger partial charge in [-0.2, -0.15) is 4.31 Å². The standard InChI is InChI=1S/C24H25N5O4S2/c30-34(31,21-9-1-5-19-7-3-11-25-23(19)21)27-13-14-28-15-17-29(18-16-28)35(32,33)22-10-2-6-20-8-4-12-26-24(20)22/h1-12,27H,13-18H2. The van der Waals surface area contributed by atoms with Gasteiger partial charge >= 0.3 is 0 Å². The van der Waals surface area contributed by atoms with Crippen molar-refractivity contribution < 1.29 is 16.8 Å². The molecule has 1 aliphatic heterocycles. The number of hydrogen-bond donors (Lipinski definition) is 1. The molecule has 0 radical (unpaired) electrons. The average Bonchev–Trinajstić information content (AvgIpc) is 2.88. The van der Waals surface area contributed by atoms with E-state index in [0.717, 1.165) is 10.8 Å². The Bertz CT molecular complexity index is 1570. The van der Waals surface area contributed by atoms with Crippen LogP contribution >= 0.6 is 0 Å². The summed E-state index contributed by atoms with van der Waals surface area (Å²) in [4.78, 5) is 10.9. The lowest BCUT2D eigenvalue weighted by atomic mass is 10.2. The molecule has 0 bridgehead atoms. The first kappa shape index (κ1) is 23.8. The summed E-state index contributed by atoms with van der Waals surface area (Å²) in [5, 5.41) is 1.54. The average molecular weight is 512 g/mol. The summed E-state index contributed by atoms with van der Waals surface area (Å²) in [5.41, 5.74) is 0.902. The van der Waals surface area contributed by atoms with Crippen LogP contribution in [0.25, 0.3) is 21.8 Å². The Balaban J connectivity index is 1.20. The van der Waals surface area contributed by atoms with Crippen molar-refractivity contribution in [3.63, 3.8) is 0 Å². The zero-order valence-electron chi connectivity index (χ0n) is 18.9. The molecule has 0 atom stereocenters. The van der Waals surface area contributed by atoms with Crippen LogP contribution in [0, 0.1) is 0 Å². The first-order valence-corrected chi connectivity index (χ1v) is 14.2. The number of para-hydroxylation sites is 2. The van der Waals surface area contributed by atoms with Gasteiger partial charge in [0.05, 0.1) is 11.0 Å². The molecule has 2 aromatic carbocycles. The molecule has 0 aliphatic carbocycles. The summed E-state index contributed by atoms with van der Waals surface area (Å²) < 4.78 is 56.4. The molecule has 2 aromatic heterocycles. The third-order valence-corrected chi connectivity index (χ3v) is 9.57. The van der Waals surface area contributed by atoms with Gasteiger partial charge in [0.25, 0.3) is 0 Å². The SMILES string of the molecule is O=S(=O)(NCCN1CCN(S(=O)(=O)c2cccc3cccnc23)CC1)c1cccc2cccnc12. The lowest BCUT2D eigenvalue weighted by Crippen LogP contribution is -2.50. The van der Waals surface area contributed by atoms with E-state index >= 15 is 0 Å². The van der Waals surface area contributed by atoms with Crippen LogP contribution in [0.5, 0.6) is 0 Å². The fourth-order valence-corrected chi connectivity index (χ4v) is 7.11. The fourth-order valence-electron chi connectivity index (χ4n) is 4.33. The third-order valence-electron chi connectivity index (χ3n) is 6.15. The van der Waals surface area contributed by atoms with E-state index in [0.29, 0.717) is 43.8 Å². The van der Waals surface area contributed by atoms with E-state index in [4.69, 9.17) is 0 Å². The topological polar surface area (TPSA) is 113 Å². The highest BCUT2D eigenvalue weighted by molar-refractivity contribution is 7.89. The van der Waals surface area contributed by atoms with Gasteiger partial charge in [-0.1, -0.05) is 36.4 Å². The Labute approximate surface area is 204 Å². The first-order valence-electron chi connectivity index (χ1n) is 11.3. The highest BCUT2D eigenvalue weighted by atomic mass is 32.2. The Morgan fingerprint density at radius 3 is 1.89 bits per heavy atom. The highest BCUT2D eigenvalue weighted by Gasteiger charge is 2.30. The van der Waals surface area contributed by atoms with Crippen molar-refractivity contribution in [2.75, 3.05) is 39.3 Å². The van der Waals surface area contributed by atoms with Crippen molar-refractivity contribution in [1.82, 2.24) is 23.9 Å². The van der Waals surface area contributed by atoms with Crippen LogP contribution in [0.4, 0.5) is 0 Å². The largest absolute Gasteiger partial charge is 0.299 e. The van der Waals surface area contributed by atoms with Gasteiger partial charge in [0.15, 0.2) is 0 Å². The molecule has 1 saturated heterocycles. The van der Waals surface area contributed by atoms with Crippen LogP contribution in [-0.2, 0) is 20.0 Å². The molecule has 0 unspecified atom stereocenters. The Morgan fingerprint density at radius 1 is 0.714 bits per heavy atom. The van der Waals surface area contributed by atoms with E-state index in [1.165, 1.54) is 4.31 Å². The molecule has 0 amide bonds. The lowest BCUT2D eigenvalue weighted by Gasteiger charge is -2.34. The summed E-state index contributed by atoms with van der Waals surface area (Å²) in [6, 6.07) is 17.4. The summed E-state index contributed by atoms with van der Waals surface area (Å²) in [6.07, 6.45) is 3.16. The molecule has 1 aliphatic rings. The van der Waals surface area contributed by atoms with Gasteiger partial charge < -0.3 is 0 Å². The number of sulfonamides is 2. The first-order chi connectivity index (χ1) is 16.9. The number of benzene rings is 2. The van der Waals surface area contributed by atoms with Crippen molar-refractivity contribution in [1.29, 1.82) is 0 Å². The zero-order chi connectivity index (χ0) is 24.5. The molecular formula is C24H25N5O4S2. The molecule has 0 spiro atoms. The minimum atomic E-state index is -3.73. The van der Waals surface area contributed by atoms with E-state index in [-0.39, 0.29) is 16.3 Å². The molecule has 5 rings (SSSR count). The van der Waals surface area contributed by atoms with Gasteiger partial charge in [0, 0.05) is 62.4 Å². The second-order valence-corrected chi connectivity index (χ2v) is 11.9. The van der Waals surface area contributed by atoms with Crippen molar-refractivity contribution >= 4 is 41.9 Å². The number of rotatable bonds is 7. The normalized spacial score (nSPS) is 16.1. The number of piperazine rings is 1. The third kappa shape index (κ3) is 4.78. The number of fused-ring (bicyclic) bond motifs is 2. The van der Waals surface area contributed by atoms with Crippen LogP contribution in [-0.4, -0.2) is 75.3 Å². The monoisotopic (exact) mass is 511 g/mol. The van der Waals surface area contributed by atoms with E-state index in [9.17, 15) is 16.8 Å². The maximum Gasteiger partial charge on any atom is 0.245 e. The van der Waals surface area contributed by atoms with Crippen LogP contribution in [0.3, 0.4) is 0 Å². The second-order valence-electron chi connectivity index (χ2n) is 8.31. The van der Waals surface area contributed by atoms with Crippen molar-refractivity contribution in [2.24, 2.45) is 0 Å². The van der Waals surface area contributed by atoms with Crippen LogP contribution in [0.2, 0.25) is 0 Å². The van der Waals surface area contributed by atoms with E-state index in [1.54, 1.807) is 48.8 Å². The van der Waals surface area contributed by atoms with Gasteiger partial charge in [0.1, 0.15) is 9.79 Å². The minimum Gasteiger partial charge on any atom is -0.299 e. The molecule has 9 nitrogen and oxygen atoms in total. The Morgan fingerprint density at radius 2 is 1.26 bits per heavy atom. The number of nitrogens with one attached hydrogen (secondary N) is 1. The predicted molar refractivity (Wildman–Crippen MR) is 134 cm³/mol. The smallest absolute Gasteiger partial charge is 0.245 e. The predicted octanol–water partition coefficient (Wildman–Crippen LogP) is 2.07. The lowest BCUT2D eigenvalue weighted by molar-refractivity contribution is 0.191. The van der Waals surface area contributed by atoms with Crippen LogP contribution in [0.15, 0.2) is 82.8 Å². The maximum atomic E-state index is 13.3. The van der Waals surface area contributed by atoms with Crippen molar-refractivity contribution in [3.05, 3.63) is 73.1 Å². The van der Waals surface area contributed by atoms with E-state index in [2.05, 4.69) is 19.6 Å². The minimum absolute atomic E-state index is 0.148. The maximum absolute atomic E-state index is 13.3. The summed E-state index contributed by atoms with van der Waals surface area (Å²) in [5.74, 6) is 0. The fraction of sp³-hybridized carbons (Fsp3) is 0.250. The van der Waals surface area contributed by atoms with Gasteiger partial charge in [0.2, 0.25) is 20.0 Å². The molecule has 3 heterocycles. The molecule has 1 fully saturated rings. The molecule has 0 saturated carbocycles. The van der Waals surface area contributed by atoms with Crippen molar-refractivity contribution in [3.8, 4) is 0 Å². The van der Waals surface area contributed by atoms with E-state index < -0.39 is 20.0 Å². The highest BCUT2D eigenvalue weighted by Crippen LogP contribution is 2.25. The quantitative estimate of drug-likeness (QED) is 0.404. The number of aromatic nitrogens is 2. The molecule has 11 heteroatoms. The van der Waals surface area contributed by atoms with Gasteiger partial charge in [-0.3, -0.25) is 14.9 Å². The van der Waals surface area contributed by atoms with Crippen molar-refractivity contribution in [2.45, 2.75) is 9.79 Å². The summed E-state index contributed by atoms with van der Waals surface area (Å²) >= 11 is 0. The van der Waals surface area contributed by atoms with Crippen LogP contribution in [0.1, 0.15) is 0 Å². The molecule has 1 N–H and O–H groups in total. The number of pyridine rings is 2. The Kier molecular flexibility index (Phi) is 6.51. The molecule has 4 aromatic rings. The summed E-state index contributed by atoms with van der Waals surface area (Å²) in [7, 11) is -7.42. The Hall–Kier alpha value is -2.96. The molecule has 35 heavy (non-hydrogen) atoms. The zero-order valence-corrected chi connectivity index (χ0v) is 20.5. The number of nitrogens with zero attached hydrogens (tertiary/aromatic N) is 4. The van der Waals surface area contributed by atoms with E-state index in [1.807, 2.05) is 24.3 Å². The molecular weight excluding hydrogens is 486 g/mol. The number of hydrogen-bond acceptors (Lipinski definition) is 7. The van der Waals surface area contributed by atoms with Gasteiger partial charge in [-0.05, 0) is 24.3 Å². The second kappa shape index (κ2) is 9.59. The molecule has 182 valence electrons. The summed E-state index contributed by atoms with van der Waals surface area (Å²) in [6.45, 7) is 2.35. The van der Waals surface area contributed by atoms with Gasteiger partial charge in [-0.15, -0.1) is 0 Å². The van der Waals surface area contributed by atoms with Gasteiger partial charge in [-0.25, -0.2) is 21.6 Å². The van der Waals surface area contributed by atoms with Crippen LogP contribution < -0.4 is 4.72 Å².